The van der Waals surface area contributed by atoms with Crippen LogP contribution in [0.5, 0.6) is 0 Å². The minimum atomic E-state index is -0.156. The van der Waals surface area contributed by atoms with Crippen LogP contribution in [0.15, 0.2) is 0 Å². The number of piperidine rings is 2. The lowest BCUT2D eigenvalue weighted by molar-refractivity contribution is -0.336. The van der Waals surface area contributed by atoms with Crippen LogP contribution in [0.25, 0.3) is 0 Å². The van der Waals surface area contributed by atoms with Crippen molar-refractivity contribution in [2.24, 2.45) is 11.8 Å². The summed E-state index contributed by atoms with van der Waals surface area (Å²) in [5, 5.41) is 2.22. The van der Waals surface area contributed by atoms with Crippen molar-refractivity contribution < 1.29 is 14.3 Å². The number of ether oxygens (including phenoxy) is 2. The molecule has 4 aliphatic rings. The SMILES string of the molecule is CC(C)(C)O[C@H]1C[C@H]2CC[C@@H]3CC[C@H]4CON3[C@@]24O1. The number of hydrogen-bond acceptors (Lipinski definition) is 4. The van der Waals surface area contributed by atoms with E-state index in [-0.39, 0.29) is 17.6 Å². The molecule has 4 heterocycles. The zero-order chi connectivity index (χ0) is 13.3. The summed E-state index contributed by atoms with van der Waals surface area (Å²) in [7, 11) is 0. The van der Waals surface area contributed by atoms with Gasteiger partial charge in [0.15, 0.2) is 12.0 Å². The molecule has 4 fully saturated rings. The van der Waals surface area contributed by atoms with E-state index in [1.165, 1.54) is 25.7 Å². The molecule has 0 aromatic heterocycles. The highest BCUT2D eigenvalue weighted by molar-refractivity contribution is 5.07. The van der Waals surface area contributed by atoms with E-state index in [1.807, 2.05) is 0 Å². The van der Waals surface area contributed by atoms with Crippen LogP contribution >= 0.6 is 0 Å². The number of rotatable bonds is 1. The molecule has 108 valence electrons. The van der Waals surface area contributed by atoms with Gasteiger partial charge < -0.3 is 9.47 Å². The van der Waals surface area contributed by atoms with Gasteiger partial charge >= 0.3 is 0 Å². The monoisotopic (exact) mass is 267 g/mol. The molecule has 0 saturated carbocycles. The normalized spacial score (nSPS) is 52.3. The molecule has 0 aliphatic carbocycles. The predicted octanol–water partition coefficient (Wildman–Crippen LogP) is 2.68. The van der Waals surface area contributed by atoms with Crippen molar-refractivity contribution in [2.45, 2.75) is 76.5 Å². The van der Waals surface area contributed by atoms with E-state index in [0.717, 1.165) is 13.0 Å². The van der Waals surface area contributed by atoms with Crippen LogP contribution in [0.1, 0.15) is 52.9 Å². The predicted molar refractivity (Wildman–Crippen MR) is 70.1 cm³/mol. The number of hydrogen-bond donors (Lipinski definition) is 0. The molecule has 4 bridgehead atoms. The van der Waals surface area contributed by atoms with E-state index >= 15 is 0 Å². The van der Waals surface area contributed by atoms with E-state index in [1.54, 1.807) is 0 Å². The maximum absolute atomic E-state index is 6.47. The molecule has 19 heavy (non-hydrogen) atoms. The second kappa shape index (κ2) is 3.94. The molecule has 0 radical (unpaired) electrons. The zero-order valence-corrected chi connectivity index (χ0v) is 12.2. The fourth-order valence-electron chi connectivity index (χ4n) is 4.63. The molecule has 0 amide bonds. The molecule has 1 unspecified atom stereocenters. The Bertz CT molecular complexity index is 380. The van der Waals surface area contributed by atoms with E-state index < -0.39 is 0 Å². The Balaban J connectivity index is 1.61. The Morgan fingerprint density at radius 2 is 1.84 bits per heavy atom. The van der Waals surface area contributed by atoms with E-state index in [4.69, 9.17) is 14.3 Å². The second-order valence-electron chi connectivity index (χ2n) is 7.59. The highest BCUT2D eigenvalue weighted by Gasteiger charge is 2.66. The van der Waals surface area contributed by atoms with Crippen molar-refractivity contribution in [3.63, 3.8) is 0 Å². The minimum Gasteiger partial charge on any atom is -0.347 e. The molecule has 4 nitrogen and oxygen atoms in total. The summed E-state index contributed by atoms with van der Waals surface area (Å²) in [4.78, 5) is 5.98. The summed E-state index contributed by atoms with van der Waals surface area (Å²) in [5.41, 5.74) is -0.296. The van der Waals surface area contributed by atoms with Crippen LogP contribution < -0.4 is 0 Å². The lowest BCUT2D eigenvalue weighted by Gasteiger charge is -2.51. The molecular weight excluding hydrogens is 242 g/mol. The Kier molecular flexibility index (Phi) is 2.61. The molecule has 4 saturated heterocycles. The van der Waals surface area contributed by atoms with E-state index in [2.05, 4.69) is 25.8 Å². The van der Waals surface area contributed by atoms with Crippen LogP contribution in [0.2, 0.25) is 0 Å². The van der Waals surface area contributed by atoms with Gasteiger partial charge in [-0.05, 0) is 46.5 Å². The Morgan fingerprint density at radius 3 is 2.58 bits per heavy atom. The Morgan fingerprint density at radius 1 is 1.11 bits per heavy atom. The standard InChI is InChI=1S/C15H25NO3/c1-14(2,3)18-13-8-10-4-6-12-7-5-11-9-17-16(12)15(10,11)19-13/h10-13H,4-9H2,1-3H3/t10-,11+,12-,13-,15-/m1/s1. The van der Waals surface area contributed by atoms with E-state index in [9.17, 15) is 0 Å². The maximum Gasteiger partial charge on any atom is 0.161 e. The summed E-state index contributed by atoms with van der Waals surface area (Å²) in [6.07, 6.45) is 6.01. The Labute approximate surface area is 115 Å². The fraction of sp³-hybridized carbons (Fsp3) is 1.00. The van der Waals surface area contributed by atoms with Crippen molar-refractivity contribution in [3.8, 4) is 0 Å². The average molecular weight is 267 g/mol. The average Bonchev–Trinajstić information content (AvgIpc) is 2.73. The van der Waals surface area contributed by atoms with Gasteiger partial charge in [-0.2, -0.15) is 5.06 Å². The second-order valence-corrected chi connectivity index (χ2v) is 7.59. The Hall–Kier alpha value is -0.160. The number of nitrogens with zero attached hydrogens (tertiary/aromatic N) is 1. The highest BCUT2D eigenvalue weighted by atomic mass is 16.8. The third-order valence-corrected chi connectivity index (χ3v) is 5.24. The third-order valence-electron chi connectivity index (χ3n) is 5.24. The van der Waals surface area contributed by atoms with E-state index in [0.29, 0.717) is 17.9 Å². The lowest BCUT2D eigenvalue weighted by Crippen LogP contribution is -2.61. The van der Waals surface area contributed by atoms with Gasteiger partial charge in [0.25, 0.3) is 0 Å². The van der Waals surface area contributed by atoms with Crippen molar-refractivity contribution in [1.29, 1.82) is 0 Å². The van der Waals surface area contributed by atoms with Gasteiger partial charge in [-0.1, -0.05) is 0 Å². The first-order valence-electron chi connectivity index (χ1n) is 7.77. The van der Waals surface area contributed by atoms with Crippen LogP contribution in [0, 0.1) is 11.8 Å². The molecular formula is C15H25NO3. The number of hydroxylamine groups is 2. The highest BCUT2D eigenvalue weighted by Crippen LogP contribution is 2.58. The molecule has 0 N–H and O–H groups in total. The first kappa shape index (κ1) is 12.6. The van der Waals surface area contributed by atoms with Crippen molar-refractivity contribution in [3.05, 3.63) is 0 Å². The van der Waals surface area contributed by atoms with Gasteiger partial charge in [-0.15, -0.1) is 0 Å². The van der Waals surface area contributed by atoms with Gasteiger partial charge in [0.05, 0.1) is 12.2 Å². The fourth-order valence-corrected chi connectivity index (χ4v) is 4.63. The largest absolute Gasteiger partial charge is 0.347 e. The van der Waals surface area contributed by atoms with Crippen LogP contribution in [0.3, 0.4) is 0 Å². The summed E-state index contributed by atoms with van der Waals surface area (Å²) < 4.78 is 12.6. The molecule has 1 spiro atoms. The smallest absolute Gasteiger partial charge is 0.161 e. The van der Waals surface area contributed by atoms with Gasteiger partial charge in [0.1, 0.15) is 0 Å². The van der Waals surface area contributed by atoms with Crippen molar-refractivity contribution in [2.75, 3.05) is 6.61 Å². The zero-order valence-electron chi connectivity index (χ0n) is 12.2. The third kappa shape index (κ3) is 1.73. The van der Waals surface area contributed by atoms with Crippen LogP contribution in [0.4, 0.5) is 0 Å². The molecule has 4 rings (SSSR count). The maximum atomic E-state index is 6.47. The van der Waals surface area contributed by atoms with Crippen molar-refractivity contribution in [1.82, 2.24) is 5.06 Å². The first-order chi connectivity index (χ1) is 8.99. The topological polar surface area (TPSA) is 30.9 Å². The molecule has 4 aliphatic heterocycles. The van der Waals surface area contributed by atoms with Crippen molar-refractivity contribution >= 4 is 0 Å². The molecule has 6 atom stereocenters. The summed E-state index contributed by atoms with van der Waals surface area (Å²) in [6.45, 7) is 7.15. The van der Waals surface area contributed by atoms with Crippen LogP contribution in [-0.2, 0) is 14.3 Å². The summed E-state index contributed by atoms with van der Waals surface area (Å²) in [6, 6.07) is 0.573. The minimum absolute atomic E-state index is 0.0615. The summed E-state index contributed by atoms with van der Waals surface area (Å²) in [5.74, 6) is 1.13. The van der Waals surface area contributed by atoms with Gasteiger partial charge in [0.2, 0.25) is 0 Å². The van der Waals surface area contributed by atoms with Crippen LogP contribution in [-0.4, -0.2) is 35.3 Å². The quantitative estimate of drug-likeness (QED) is 0.731. The van der Waals surface area contributed by atoms with Gasteiger partial charge in [-0.25, -0.2) is 0 Å². The molecule has 4 heteroatoms. The van der Waals surface area contributed by atoms with Gasteiger partial charge in [0, 0.05) is 24.3 Å². The molecule has 0 aromatic carbocycles. The first-order valence-corrected chi connectivity index (χ1v) is 7.77. The molecule has 0 aromatic rings. The lowest BCUT2D eigenvalue weighted by atomic mass is 9.71. The van der Waals surface area contributed by atoms with Gasteiger partial charge in [-0.3, -0.25) is 4.84 Å². The summed E-state index contributed by atoms with van der Waals surface area (Å²) >= 11 is 0.